The number of nitrogens with one attached hydrogen (secondary N) is 1. The maximum atomic E-state index is 13.1. The van der Waals surface area contributed by atoms with Crippen LogP contribution in [0.25, 0.3) is 10.9 Å². The van der Waals surface area contributed by atoms with Crippen molar-refractivity contribution in [1.82, 2.24) is 14.5 Å². The highest BCUT2D eigenvalue weighted by Crippen LogP contribution is 2.24. The summed E-state index contributed by atoms with van der Waals surface area (Å²) in [7, 11) is 0. The molecule has 1 aromatic carbocycles. The molecule has 0 bridgehead atoms. The number of hydrogen-bond donors (Lipinski definition) is 1. The quantitative estimate of drug-likeness (QED) is 0.357. The third kappa shape index (κ3) is 4.39. The Bertz CT molecular complexity index is 1240. The second-order valence-electron chi connectivity index (χ2n) is 6.49. The van der Waals surface area contributed by atoms with Gasteiger partial charge in [0.25, 0.3) is 5.56 Å². The predicted molar refractivity (Wildman–Crippen MR) is 117 cm³/mol. The molecular formula is C21H17ClN4O3S. The molecule has 0 saturated carbocycles. The Morgan fingerprint density at radius 1 is 1.23 bits per heavy atom. The number of amides is 1. The molecule has 9 heteroatoms. The molecule has 4 aromatic rings. The first-order valence-electron chi connectivity index (χ1n) is 9.12. The number of halogens is 1. The summed E-state index contributed by atoms with van der Waals surface area (Å²) < 4.78 is 6.93. The van der Waals surface area contributed by atoms with Gasteiger partial charge in [0.1, 0.15) is 11.6 Å². The van der Waals surface area contributed by atoms with E-state index in [2.05, 4.69) is 15.3 Å². The van der Waals surface area contributed by atoms with Gasteiger partial charge in [-0.3, -0.25) is 14.2 Å². The monoisotopic (exact) mass is 440 g/mol. The lowest BCUT2D eigenvalue weighted by atomic mass is 10.2. The van der Waals surface area contributed by atoms with Crippen LogP contribution in [-0.4, -0.2) is 25.7 Å². The largest absolute Gasteiger partial charge is 0.467 e. The third-order valence-corrected chi connectivity index (χ3v) is 5.66. The van der Waals surface area contributed by atoms with Crippen molar-refractivity contribution in [2.24, 2.45) is 0 Å². The number of carbonyl (C=O) groups is 1. The number of pyridine rings is 1. The number of fused-ring (bicyclic) bond motifs is 1. The van der Waals surface area contributed by atoms with E-state index in [9.17, 15) is 9.59 Å². The lowest BCUT2D eigenvalue weighted by Crippen LogP contribution is -2.27. The minimum absolute atomic E-state index is 0.188. The topological polar surface area (TPSA) is 90.0 Å². The smallest absolute Gasteiger partial charge is 0.262 e. The molecule has 0 unspecified atom stereocenters. The maximum Gasteiger partial charge on any atom is 0.262 e. The zero-order valence-electron chi connectivity index (χ0n) is 15.9. The van der Waals surface area contributed by atoms with Crippen LogP contribution in [0.5, 0.6) is 0 Å². The van der Waals surface area contributed by atoms with E-state index >= 15 is 0 Å². The van der Waals surface area contributed by atoms with Crippen molar-refractivity contribution in [1.29, 1.82) is 0 Å². The van der Waals surface area contributed by atoms with Gasteiger partial charge in [-0.2, -0.15) is 0 Å². The van der Waals surface area contributed by atoms with Gasteiger partial charge in [-0.15, -0.1) is 0 Å². The molecule has 0 aliphatic rings. The first kappa shape index (κ1) is 20.2. The van der Waals surface area contributed by atoms with E-state index in [-0.39, 0.29) is 18.0 Å². The number of aromatic nitrogens is 3. The molecule has 0 fully saturated rings. The lowest BCUT2D eigenvalue weighted by Gasteiger charge is -2.15. The summed E-state index contributed by atoms with van der Waals surface area (Å²) in [6.45, 7) is 1.97. The van der Waals surface area contributed by atoms with Crippen LogP contribution in [0.2, 0.25) is 5.02 Å². The summed E-state index contributed by atoms with van der Waals surface area (Å²) in [5, 5.41) is 3.64. The Morgan fingerprint density at radius 3 is 2.80 bits per heavy atom. The molecule has 3 aromatic heterocycles. The summed E-state index contributed by atoms with van der Waals surface area (Å²) in [6.07, 6.45) is 3.01. The summed E-state index contributed by atoms with van der Waals surface area (Å²) in [5.41, 5.74) is 0.388. The number of rotatable bonds is 6. The van der Waals surface area contributed by atoms with Gasteiger partial charge in [0.2, 0.25) is 5.91 Å². The fourth-order valence-electron chi connectivity index (χ4n) is 2.82. The number of hydrogen-bond acceptors (Lipinski definition) is 6. The fourth-order valence-corrected chi connectivity index (χ4v) is 3.84. The van der Waals surface area contributed by atoms with E-state index in [0.29, 0.717) is 32.7 Å². The average Bonchev–Trinajstić information content (AvgIpc) is 3.26. The molecule has 152 valence electrons. The zero-order valence-corrected chi connectivity index (χ0v) is 17.5. The van der Waals surface area contributed by atoms with Gasteiger partial charge in [0.05, 0.1) is 34.0 Å². The molecule has 4 rings (SSSR count). The van der Waals surface area contributed by atoms with Crippen molar-refractivity contribution in [3.05, 3.63) is 82.1 Å². The zero-order chi connectivity index (χ0) is 21.1. The summed E-state index contributed by atoms with van der Waals surface area (Å²) in [5.74, 6) is 0.761. The molecule has 30 heavy (non-hydrogen) atoms. The van der Waals surface area contributed by atoms with Crippen molar-refractivity contribution in [3.8, 4) is 0 Å². The Kier molecular flexibility index (Phi) is 5.87. The first-order chi connectivity index (χ1) is 14.5. The normalized spacial score (nSPS) is 12.1. The van der Waals surface area contributed by atoms with E-state index in [0.717, 1.165) is 0 Å². The second-order valence-corrected chi connectivity index (χ2v) is 8.24. The van der Waals surface area contributed by atoms with Crippen molar-refractivity contribution in [2.75, 3.05) is 5.32 Å². The standard InChI is InChI=1S/C21H17ClN4O3S/c1-13(19(27)25-18-9-8-14(22)11-23-18)30-21-24-17-7-3-2-6-16(17)20(28)26(21)12-15-5-4-10-29-15/h2-11,13H,12H2,1H3,(H,23,25,27)/t13-/m0/s1. The van der Waals surface area contributed by atoms with Gasteiger partial charge >= 0.3 is 0 Å². The SMILES string of the molecule is C[C@H](Sc1nc2ccccc2c(=O)n1Cc1ccco1)C(=O)Nc1ccc(Cl)cn1. The number of furan rings is 1. The molecular weight excluding hydrogens is 424 g/mol. The summed E-state index contributed by atoms with van der Waals surface area (Å²) in [6, 6.07) is 14.0. The number of thioether (sulfide) groups is 1. The van der Waals surface area contributed by atoms with Gasteiger partial charge in [-0.05, 0) is 43.3 Å². The predicted octanol–water partition coefficient (Wildman–Crippen LogP) is 4.21. The molecule has 0 saturated heterocycles. The van der Waals surface area contributed by atoms with Crippen LogP contribution >= 0.6 is 23.4 Å². The van der Waals surface area contributed by atoms with Gasteiger partial charge in [0, 0.05) is 6.20 Å². The molecule has 0 radical (unpaired) electrons. The highest BCUT2D eigenvalue weighted by atomic mass is 35.5. The summed E-state index contributed by atoms with van der Waals surface area (Å²) >= 11 is 7.02. The van der Waals surface area contributed by atoms with E-state index < -0.39 is 5.25 Å². The van der Waals surface area contributed by atoms with Gasteiger partial charge < -0.3 is 9.73 Å². The fraction of sp³-hybridized carbons (Fsp3) is 0.143. The van der Waals surface area contributed by atoms with Crippen LogP contribution in [0.3, 0.4) is 0 Å². The molecule has 0 spiro atoms. The van der Waals surface area contributed by atoms with Gasteiger partial charge in [-0.1, -0.05) is 35.5 Å². The van der Waals surface area contributed by atoms with Crippen LogP contribution in [-0.2, 0) is 11.3 Å². The number of nitrogens with zero attached hydrogens (tertiary/aromatic N) is 3. The Balaban J connectivity index is 1.64. The van der Waals surface area contributed by atoms with Crippen LogP contribution in [0.15, 0.2) is 75.4 Å². The molecule has 1 atom stereocenters. The minimum Gasteiger partial charge on any atom is -0.467 e. The van der Waals surface area contributed by atoms with Crippen molar-refractivity contribution < 1.29 is 9.21 Å². The lowest BCUT2D eigenvalue weighted by molar-refractivity contribution is -0.115. The highest BCUT2D eigenvalue weighted by molar-refractivity contribution is 8.00. The van der Waals surface area contributed by atoms with Crippen LogP contribution < -0.4 is 10.9 Å². The van der Waals surface area contributed by atoms with Crippen molar-refractivity contribution in [3.63, 3.8) is 0 Å². The number of anilines is 1. The van der Waals surface area contributed by atoms with Crippen LogP contribution in [0.4, 0.5) is 5.82 Å². The Morgan fingerprint density at radius 2 is 2.07 bits per heavy atom. The van der Waals surface area contributed by atoms with E-state index in [4.69, 9.17) is 16.0 Å². The van der Waals surface area contributed by atoms with E-state index in [1.165, 1.54) is 22.5 Å². The first-order valence-corrected chi connectivity index (χ1v) is 10.4. The molecule has 1 amide bonds. The molecule has 0 aliphatic heterocycles. The number of benzene rings is 1. The third-order valence-electron chi connectivity index (χ3n) is 4.35. The van der Waals surface area contributed by atoms with Crippen LogP contribution in [0, 0.1) is 0 Å². The van der Waals surface area contributed by atoms with Crippen molar-refractivity contribution in [2.45, 2.75) is 23.9 Å². The Hall–Kier alpha value is -3.10. The highest BCUT2D eigenvalue weighted by Gasteiger charge is 2.20. The molecule has 3 heterocycles. The minimum atomic E-state index is -0.529. The molecule has 1 N–H and O–H groups in total. The van der Waals surface area contributed by atoms with E-state index in [1.807, 2.05) is 6.07 Å². The van der Waals surface area contributed by atoms with E-state index in [1.54, 1.807) is 55.7 Å². The molecule has 7 nitrogen and oxygen atoms in total. The van der Waals surface area contributed by atoms with Gasteiger partial charge in [0.15, 0.2) is 5.16 Å². The Labute approximate surface area is 181 Å². The summed E-state index contributed by atoms with van der Waals surface area (Å²) in [4.78, 5) is 34.4. The number of para-hydroxylation sites is 1. The van der Waals surface area contributed by atoms with Crippen LogP contribution in [0.1, 0.15) is 12.7 Å². The average molecular weight is 441 g/mol. The number of carbonyl (C=O) groups excluding carboxylic acids is 1. The second kappa shape index (κ2) is 8.73. The van der Waals surface area contributed by atoms with Gasteiger partial charge in [-0.25, -0.2) is 9.97 Å². The molecule has 0 aliphatic carbocycles. The maximum absolute atomic E-state index is 13.1. The van der Waals surface area contributed by atoms with Crippen molar-refractivity contribution >= 4 is 46.0 Å².